The van der Waals surface area contributed by atoms with Crippen molar-refractivity contribution in [2.75, 3.05) is 5.73 Å². The first-order chi connectivity index (χ1) is 5.25. The lowest BCUT2D eigenvalue weighted by atomic mass is 10.1. The smallest absolute Gasteiger partial charge is 0.117 e. The molecule has 2 heteroatoms. The average molecular weight is 149 g/mol. The fourth-order valence-electron chi connectivity index (χ4n) is 1.31. The van der Waals surface area contributed by atoms with Crippen LogP contribution in [0, 0.1) is 0 Å². The van der Waals surface area contributed by atoms with E-state index in [2.05, 4.69) is 0 Å². The molecule has 2 nitrogen and oxygen atoms in total. The molecule has 58 valence electrons. The minimum atomic E-state index is 0.284. The van der Waals surface area contributed by atoms with Crippen molar-refractivity contribution in [3.05, 3.63) is 23.8 Å². The topological polar surface area (TPSA) is 46.2 Å². The molecule has 1 fully saturated rings. The largest absolute Gasteiger partial charge is 0.508 e. The minimum Gasteiger partial charge on any atom is -0.508 e. The highest BCUT2D eigenvalue weighted by atomic mass is 16.3. The van der Waals surface area contributed by atoms with Gasteiger partial charge in [-0.1, -0.05) is 0 Å². The lowest BCUT2D eigenvalue weighted by Crippen LogP contribution is -1.86. The van der Waals surface area contributed by atoms with Crippen LogP contribution in [-0.4, -0.2) is 5.11 Å². The first-order valence-corrected chi connectivity index (χ1v) is 3.85. The molecule has 2 rings (SSSR count). The number of phenols is 1. The van der Waals surface area contributed by atoms with Crippen molar-refractivity contribution >= 4 is 5.69 Å². The number of anilines is 1. The normalized spacial score (nSPS) is 16.7. The van der Waals surface area contributed by atoms with E-state index in [4.69, 9.17) is 5.73 Å². The molecule has 1 aromatic carbocycles. The Morgan fingerprint density at radius 1 is 1.27 bits per heavy atom. The van der Waals surface area contributed by atoms with Gasteiger partial charge >= 0.3 is 0 Å². The maximum Gasteiger partial charge on any atom is 0.117 e. The van der Waals surface area contributed by atoms with Gasteiger partial charge in [0.2, 0.25) is 0 Å². The average Bonchev–Trinajstić information content (AvgIpc) is 2.64. The Hall–Kier alpha value is -1.18. The van der Waals surface area contributed by atoms with E-state index >= 15 is 0 Å². The van der Waals surface area contributed by atoms with Gasteiger partial charge in [-0.25, -0.2) is 0 Å². The van der Waals surface area contributed by atoms with Crippen LogP contribution in [0.3, 0.4) is 0 Å². The van der Waals surface area contributed by atoms with E-state index in [1.165, 1.54) is 18.4 Å². The molecule has 0 saturated heterocycles. The van der Waals surface area contributed by atoms with Crippen molar-refractivity contribution in [3.63, 3.8) is 0 Å². The maximum atomic E-state index is 9.19. The van der Waals surface area contributed by atoms with Crippen molar-refractivity contribution in [1.82, 2.24) is 0 Å². The molecule has 0 radical (unpaired) electrons. The van der Waals surface area contributed by atoms with Crippen molar-refractivity contribution in [3.8, 4) is 5.75 Å². The summed E-state index contributed by atoms with van der Waals surface area (Å²) in [6, 6.07) is 5.32. The molecule has 0 heterocycles. The van der Waals surface area contributed by atoms with Gasteiger partial charge in [0.1, 0.15) is 5.75 Å². The number of hydrogen-bond donors (Lipinski definition) is 2. The van der Waals surface area contributed by atoms with E-state index < -0.39 is 0 Å². The molecule has 0 aromatic heterocycles. The minimum absolute atomic E-state index is 0.284. The standard InChI is InChI=1S/C9H11NO/c10-8-3-7(6-1-2-6)4-9(11)5-8/h3-6,11H,1-2,10H2. The number of nitrogen functional groups attached to an aromatic ring is 1. The molecule has 0 spiro atoms. The lowest BCUT2D eigenvalue weighted by Gasteiger charge is -2.00. The van der Waals surface area contributed by atoms with E-state index in [9.17, 15) is 5.11 Å². The van der Waals surface area contributed by atoms with Gasteiger partial charge in [-0.15, -0.1) is 0 Å². The molecule has 1 aromatic rings. The van der Waals surface area contributed by atoms with Crippen molar-refractivity contribution in [2.24, 2.45) is 0 Å². The Morgan fingerprint density at radius 3 is 2.55 bits per heavy atom. The quantitative estimate of drug-likeness (QED) is 0.598. The molecule has 0 unspecified atom stereocenters. The molecule has 1 aliphatic rings. The molecule has 11 heavy (non-hydrogen) atoms. The second kappa shape index (κ2) is 2.16. The molecule has 1 aliphatic carbocycles. The van der Waals surface area contributed by atoms with E-state index in [0.717, 1.165) is 0 Å². The number of aromatic hydroxyl groups is 1. The summed E-state index contributed by atoms with van der Waals surface area (Å²) >= 11 is 0. The van der Waals surface area contributed by atoms with Crippen LogP contribution in [0.4, 0.5) is 5.69 Å². The predicted molar refractivity (Wildman–Crippen MR) is 44.5 cm³/mol. The number of benzene rings is 1. The zero-order chi connectivity index (χ0) is 7.84. The molecular weight excluding hydrogens is 138 g/mol. The van der Waals surface area contributed by atoms with Crippen LogP contribution in [0.1, 0.15) is 24.3 Å². The second-order valence-corrected chi connectivity index (χ2v) is 3.13. The summed E-state index contributed by atoms with van der Waals surface area (Å²) in [4.78, 5) is 0. The van der Waals surface area contributed by atoms with Crippen LogP contribution in [0.15, 0.2) is 18.2 Å². The summed E-state index contributed by atoms with van der Waals surface area (Å²) in [5, 5.41) is 9.19. The summed E-state index contributed by atoms with van der Waals surface area (Å²) in [6.07, 6.45) is 2.48. The summed E-state index contributed by atoms with van der Waals surface area (Å²) in [5.74, 6) is 0.941. The SMILES string of the molecule is Nc1cc(O)cc(C2CC2)c1. The van der Waals surface area contributed by atoms with Gasteiger partial charge in [0, 0.05) is 11.8 Å². The number of hydrogen-bond acceptors (Lipinski definition) is 2. The van der Waals surface area contributed by atoms with E-state index in [1.54, 1.807) is 12.1 Å². The maximum absolute atomic E-state index is 9.19. The van der Waals surface area contributed by atoms with Crippen LogP contribution in [0.5, 0.6) is 5.75 Å². The molecule has 3 N–H and O–H groups in total. The Balaban J connectivity index is 2.39. The Kier molecular flexibility index (Phi) is 1.28. The van der Waals surface area contributed by atoms with Crippen LogP contribution in [0.2, 0.25) is 0 Å². The molecule has 0 atom stereocenters. The third kappa shape index (κ3) is 1.29. The van der Waals surface area contributed by atoms with Crippen molar-refractivity contribution in [1.29, 1.82) is 0 Å². The van der Waals surface area contributed by atoms with Crippen molar-refractivity contribution in [2.45, 2.75) is 18.8 Å². The van der Waals surface area contributed by atoms with Gasteiger partial charge in [-0.2, -0.15) is 0 Å². The van der Waals surface area contributed by atoms with Gasteiger partial charge in [0.15, 0.2) is 0 Å². The highest BCUT2D eigenvalue weighted by Gasteiger charge is 2.23. The fraction of sp³-hybridized carbons (Fsp3) is 0.333. The number of phenolic OH excluding ortho intramolecular Hbond substituents is 1. The molecule has 0 amide bonds. The van der Waals surface area contributed by atoms with E-state index in [0.29, 0.717) is 11.6 Å². The van der Waals surface area contributed by atoms with Gasteiger partial charge < -0.3 is 10.8 Å². The van der Waals surface area contributed by atoms with Crippen LogP contribution >= 0.6 is 0 Å². The van der Waals surface area contributed by atoms with E-state index in [1.807, 2.05) is 6.07 Å². The first kappa shape index (κ1) is 6.53. The molecule has 0 aliphatic heterocycles. The zero-order valence-electron chi connectivity index (χ0n) is 6.25. The first-order valence-electron chi connectivity index (χ1n) is 3.85. The molecule has 1 saturated carbocycles. The van der Waals surface area contributed by atoms with Gasteiger partial charge in [-0.3, -0.25) is 0 Å². The van der Waals surface area contributed by atoms with Gasteiger partial charge in [-0.05, 0) is 36.5 Å². The van der Waals surface area contributed by atoms with Crippen LogP contribution in [-0.2, 0) is 0 Å². The monoisotopic (exact) mass is 149 g/mol. The lowest BCUT2D eigenvalue weighted by molar-refractivity contribution is 0.475. The molecular formula is C9H11NO. The van der Waals surface area contributed by atoms with Gasteiger partial charge in [0.25, 0.3) is 0 Å². The number of rotatable bonds is 1. The summed E-state index contributed by atoms with van der Waals surface area (Å²) in [5.41, 5.74) is 7.41. The summed E-state index contributed by atoms with van der Waals surface area (Å²) in [7, 11) is 0. The van der Waals surface area contributed by atoms with Crippen LogP contribution in [0.25, 0.3) is 0 Å². The fourth-order valence-corrected chi connectivity index (χ4v) is 1.31. The van der Waals surface area contributed by atoms with Crippen LogP contribution < -0.4 is 5.73 Å². The van der Waals surface area contributed by atoms with Gasteiger partial charge in [0.05, 0.1) is 0 Å². The zero-order valence-corrected chi connectivity index (χ0v) is 6.25. The third-order valence-corrected chi connectivity index (χ3v) is 2.01. The Morgan fingerprint density at radius 2 is 2.00 bits per heavy atom. The predicted octanol–water partition coefficient (Wildman–Crippen LogP) is 1.85. The highest BCUT2D eigenvalue weighted by molar-refractivity contribution is 5.48. The Bertz CT molecular complexity index is 259. The molecule has 0 bridgehead atoms. The van der Waals surface area contributed by atoms with E-state index in [-0.39, 0.29) is 5.75 Å². The Labute approximate surface area is 65.7 Å². The highest BCUT2D eigenvalue weighted by Crippen LogP contribution is 2.41. The number of nitrogens with two attached hydrogens (primary N) is 1. The second-order valence-electron chi connectivity index (χ2n) is 3.13. The third-order valence-electron chi connectivity index (χ3n) is 2.01. The van der Waals surface area contributed by atoms with Crippen molar-refractivity contribution < 1.29 is 5.11 Å². The summed E-state index contributed by atoms with van der Waals surface area (Å²) < 4.78 is 0. The summed E-state index contributed by atoms with van der Waals surface area (Å²) in [6.45, 7) is 0.